The molecule has 9 heteroatoms. The second-order valence-electron chi connectivity index (χ2n) is 13.2. The van der Waals surface area contributed by atoms with Crippen molar-refractivity contribution in [3.05, 3.63) is 91.8 Å². The average molecular weight is 671 g/mol. The van der Waals surface area contributed by atoms with Gasteiger partial charge in [-0.05, 0) is 100 Å². The molecule has 1 atom stereocenters. The summed E-state index contributed by atoms with van der Waals surface area (Å²) in [6.07, 6.45) is 2.40. The van der Waals surface area contributed by atoms with Gasteiger partial charge >= 0.3 is 0 Å². The zero-order valence-electron chi connectivity index (χ0n) is 28.2. The molecule has 2 aromatic heterocycles. The third-order valence-corrected chi connectivity index (χ3v) is 11.0. The molecular weight excluding hydrogens is 629 g/mol. The average Bonchev–Trinajstić information content (AvgIpc) is 3.66. The first-order chi connectivity index (χ1) is 22.5. The van der Waals surface area contributed by atoms with Gasteiger partial charge in [0.2, 0.25) is 0 Å². The molecular formula is C38H41Cl2N5O2. The van der Waals surface area contributed by atoms with Crippen molar-refractivity contribution < 1.29 is 9.53 Å². The summed E-state index contributed by atoms with van der Waals surface area (Å²) in [7, 11) is 4.08. The van der Waals surface area contributed by atoms with E-state index in [-0.39, 0.29) is 11.9 Å². The maximum Gasteiger partial charge on any atom is 0.275 e. The monoisotopic (exact) mass is 669 g/mol. The maximum atomic E-state index is 14.9. The lowest BCUT2D eigenvalue weighted by molar-refractivity contribution is 0.0957. The molecule has 0 aliphatic carbocycles. The van der Waals surface area contributed by atoms with Gasteiger partial charge in [-0.2, -0.15) is 5.10 Å². The Hall–Kier alpha value is -3.94. The first-order valence-electron chi connectivity index (χ1n) is 16.4. The predicted octanol–water partition coefficient (Wildman–Crippen LogP) is 8.81. The number of ether oxygens (including phenoxy) is 1. The molecule has 2 aliphatic rings. The first-order valence-corrected chi connectivity index (χ1v) is 17.1. The van der Waals surface area contributed by atoms with Crippen LogP contribution in [-0.2, 0) is 19.9 Å². The number of carbonyl (C=O) groups excluding carboxylic acids is 1. The molecule has 0 spiro atoms. The van der Waals surface area contributed by atoms with E-state index in [9.17, 15) is 4.79 Å². The molecule has 0 fully saturated rings. The fourth-order valence-corrected chi connectivity index (χ4v) is 8.13. The fourth-order valence-electron chi connectivity index (χ4n) is 7.78. The molecule has 4 heterocycles. The number of likely N-dealkylation sites (N-methyl/N-ethyl adjacent to an activating group) is 1. The van der Waals surface area contributed by atoms with Gasteiger partial charge in [-0.15, -0.1) is 0 Å². The summed E-state index contributed by atoms with van der Waals surface area (Å²) in [5, 5.41) is 7.21. The molecule has 7 nitrogen and oxygen atoms in total. The summed E-state index contributed by atoms with van der Waals surface area (Å²) in [5.74, 6) is 0.831. The van der Waals surface area contributed by atoms with Crippen molar-refractivity contribution in [2.75, 3.05) is 36.5 Å². The van der Waals surface area contributed by atoms with E-state index in [0.717, 1.165) is 97.3 Å². The summed E-state index contributed by atoms with van der Waals surface area (Å²) in [4.78, 5) is 19.2. The van der Waals surface area contributed by atoms with Crippen LogP contribution in [0, 0.1) is 27.7 Å². The number of anilines is 2. The normalized spacial score (nSPS) is 15.9. The second-order valence-corrected chi connectivity index (χ2v) is 14.0. The molecule has 3 aromatic carbocycles. The van der Waals surface area contributed by atoms with Crippen molar-refractivity contribution in [1.29, 1.82) is 0 Å². The summed E-state index contributed by atoms with van der Waals surface area (Å²) >= 11 is 13.5. The largest absolute Gasteiger partial charge is 0.494 e. The minimum absolute atomic E-state index is 0.00674. The van der Waals surface area contributed by atoms with Crippen LogP contribution in [0.2, 0.25) is 10.0 Å². The van der Waals surface area contributed by atoms with Gasteiger partial charge in [0.25, 0.3) is 5.91 Å². The number of hydrogen-bond donors (Lipinski definition) is 0. The third kappa shape index (κ3) is 5.10. The number of rotatable bonds is 7. The van der Waals surface area contributed by atoms with Gasteiger partial charge in [0.1, 0.15) is 11.4 Å². The van der Waals surface area contributed by atoms with E-state index in [2.05, 4.69) is 54.6 Å². The Bertz CT molecular complexity index is 2050. The van der Waals surface area contributed by atoms with Crippen LogP contribution in [-0.4, -0.2) is 47.0 Å². The molecule has 0 N–H and O–H groups in total. The third-order valence-electron chi connectivity index (χ3n) is 10.1. The van der Waals surface area contributed by atoms with E-state index in [1.807, 2.05) is 55.6 Å². The molecule has 2 aliphatic heterocycles. The van der Waals surface area contributed by atoms with Crippen LogP contribution >= 0.6 is 23.2 Å². The number of aryl methyl sites for hydroxylation is 5. The quantitative estimate of drug-likeness (QED) is 0.163. The van der Waals surface area contributed by atoms with Gasteiger partial charge in [0.05, 0.1) is 34.2 Å². The predicted molar refractivity (Wildman–Crippen MR) is 193 cm³/mol. The van der Waals surface area contributed by atoms with Crippen LogP contribution in [0.5, 0.6) is 5.75 Å². The van der Waals surface area contributed by atoms with Crippen LogP contribution in [0.4, 0.5) is 11.4 Å². The zero-order chi connectivity index (χ0) is 33.3. The smallest absolute Gasteiger partial charge is 0.275 e. The van der Waals surface area contributed by atoms with Crippen molar-refractivity contribution in [2.24, 2.45) is 7.05 Å². The lowest BCUT2D eigenvalue weighted by atomic mass is 9.98. The Morgan fingerprint density at radius 2 is 1.74 bits per heavy atom. The van der Waals surface area contributed by atoms with Crippen molar-refractivity contribution in [3.63, 3.8) is 0 Å². The van der Waals surface area contributed by atoms with Gasteiger partial charge in [0.15, 0.2) is 0 Å². The van der Waals surface area contributed by atoms with E-state index in [4.69, 9.17) is 33.0 Å². The highest BCUT2D eigenvalue weighted by molar-refractivity contribution is 6.35. The molecule has 0 bridgehead atoms. The van der Waals surface area contributed by atoms with Gasteiger partial charge in [-0.1, -0.05) is 41.4 Å². The molecule has 244 valence electrons. The standard InChI is InChI=1S/C38H41Cl2N5O2/c1-21-18-27(19-22(2)34(21)40)47-17-9-11-28-29-13-14-30(39)33(32-24(4)41-43(7)25(32)5)36(29)45-23(3)20-44(38(46)37(28)45)31-12-8-10-26-15-16-42(6)35(26)31/h8,10,12-14,18-19,23H,9,11,15-17,20H2,1-7H3. The Morgan fingerprint density at radius 3 is 2.45 bits per heavy atom. The van der Waals surface area contributed by atoms with Crippen LogP contribution in [0.1, 0.15) is 63.5 Å². The summed E-state index contributed by atoms with van der Waals surface area (Å²) < 4.78 is 10.4. The highest BCUT2D eigenvalue weighted by atomic mass is 35.5. The van der Waals surface area contributed by atoms with Gasteiger partial charge in [-0.3, -0.25) is 9.48 Å². The summed E-state index contributed by atoms with van der Waals surface area (Å²) in [6, 6.07) is 14.4. The number of fused-ring (bicyclic) bond motifs is 4. The molecule has 47 heavy (non-hydrogen) atoms. The van der Waals surface area contributed by atoms with E-state index in [1.165, 1.54) is 5.56 Å². The molecule has 7 rings (SSSR count). The van der Waals surface area contributed by atoms with Crippen molar-refractivity contribution >= 4 is 51.4 Å². The summed E-state index contributed by atoms with van der Waals surface area (Å²) in [5.41, 5.74) is 12.1. The van der Waals surface area contributed by atoms with E-state index < -0.39 is 0 Å². The van der Waals surface area contributed by atoms with Crippen LogP contribution in [0.3, 0.4) is 0 Å². The fraction of sp³-hybridized carbons (Fsp3) is 0.368. The topological polar surface area (TPSA) is 55.5 Å². The van der Waals surface area contributed by atoms with Crippen LogP contribution in [0.15, 0.2) is 42.5 Å². The minimum atomic E-state index is 0.00674. The SMILES string of the molecule is Cc1cc(OCCCc2c3n(c4c(-c5c(C)nn(C)c5C)c(Cl)ccc24)C(C)CN(c2cccc4c2N(C)CC4)C3=O)cc(C)c1Cl. The second kappa shape index (κ2) is 11.9. The molecule has 5 aromatic rings. The van der Waals surface area contributed by atoms with Crippen LogP contribution in [0.25, 0.3) is 22.0 Å². The molecule has 1 unspecified atom stereocenters. The van der Waals surface area contributed by atoms with Crippen molar-refractivity contribution in [2.45, 2.75) is 59.9 Å². The lowest BCUT2D eigenvalue weighted by Crippen LogP contribution is -2.43. The van der Waals surface area contributed by atoms with Gasteiger partial charge in [-0.25, -0.2) is 0 Å². The Balaban J connectivity index is 1.36. The van der Waals surface area contributed by atoms with Crippen molar-refractivity contribution in [3.8, 4) is 16.9 Å². The highest BCUT2D eigenvalue weighted by Crippen LogP contribution is 2.46. The van der Waals surface area contributed by atoms with E-state index in [1.54, 1.807) is 0 Å². The lowest BCUT2D eigenvalue weighted by Gasteiger charge is -2.36. The number of carbonyl (C=O) groups is 1. The Morgan fingerprint density at radius 1 is 1.00 bits per heavy atom. The van der Waals surface area contributed by atoms with Crippen LogP contribution < -0.4 is 14.5 Å². The maximum absolute atomic E-state index is 14.9. The van der Waals surface area contributed by atoms with Gasteiger partial charge < -0.3 is 19.1 Å². The summed E-state index contributed by atoms with van der Waals surface area (Å²) in [6.45, 7) is 12.3. The molecule has 0 radical (unpaired) electrons. The van der Waals surface area contributed by atoms with Crippen molar-refractivity contribution in [1.82, 2.24) is 14.3 Å². The number of nitrogens with zero attached hydrogens (tertiary/aromatic N) is 5. The number of para-hydroxylation sites is 1. The number of hydrogen-bond acceptors (Lipinski definition) is 4. The molecule has 1 amide bonds. The van der Waals surface area contributed by atoms with E-state index >= 15 is 0 Å². The van der Waals surface area contributed by atoms with Gasteiger partial charge in [0, 0.05) is 60.5 Å². The number of halogens is 2. The minimum Gasteiger partial charge on any atom is -0.494 e. The number of amides is 1. The highest BCUT2D eigenvalue weighted by Gasteiger charge is 2.38. The molecule has 0 saturated carbocycles. The Labute approximate surface area is 286 Å². The molecule has 0 saturated heterocycles. The Kier molecular flexibility index (Phi) is 8.04. The first kappa shape index (κ1) is 31.6. The number of aromatic nitrogens is 3. The zero-order valence-corrected chi connectivity index (χ0v) is 29.7. The van der Waals surface area contributed by atoms with E-state index in [0.29, 0.717) is 24.6 Å². The number of benzene rings is 3.